The first-order valence-electron chi connectivity index (χ1n) is 6.96. The molecule has 118 valence electrons. The van der Waals surface area contributed by atoms with Crippen molar-refractivity contribution in [2.24, 2.45) is 5.73 Å². The van der Waals surface area contributed by atoms with Gasteiger partial charge in [-0.05, 0) is 25.7 Å². The summed E-state index contributed by atoms with van der Waals surface area (Å²) in [5, 5.41) is 0.0338. The Hall–Kier alpha value is -1.06. The summed E-state index contributed by atoms with van der Waals surface area (Å²) in [6.07, 6.45) is 1.50. The van der Waals surface area contributed by atoms with Crippen molar-refractivity contribution in [3.8, 4) is 0 Å². The molecule has 0 aromatic carbocycles. The first-order chi connectivity index (χ1) is 9.92. The van der Waals surface area contributed by atoms with Gasteiger partial charge in [0.2, 0.25) is 0 Å². The molecular weight excluding hydrogens is 290 g/mol. The third kappa shape index (κ3) is 4.21. The molecule has 0 spiro atoms. The largest absolute Gasteiger partial charge is 0.326 e. The van der Waals surface area contributed by atoms with Gasteiger partial charge in [0.25, 0.3) is 10.0 Å². The van der Waals surface area contributed by atoms with Gasteiger partial charge >= 0.3 is 0 Å². The normalized spacial score (nSPS) is 21.6. The van der Waals surface area contributed by atoms with E-state index in [1.807, 2.05) is 14.1 Å². The fourth-order valence-electron chi connectivity index (χ4n) is 2.29. The lowest BCUT2D eigenvalue weighted by Crippen LogP contribution is -2.54. The van der Waals surface area contributed by atoms with Gasteiger partial charge in [-0.25, -0.2) is 18.1 Å². The van der Waals surface area contributed by atoms with Crippen molar-refractivity contribution >= 4 is 10.0 Å². The molecule has 2 rings (SSSR count). The van der Waals surface area contributed by atoms with E-state index in [4.69, 9.17) is 5.73 Å². The molecule has 0 radical (unpaired) electrons. The van der Waals surface area contributed by atoms with E-state index in [1.54, 1.807) is 6.07 Å². The van der Waals surface area contributed by atoms with E-state index in [1.165, 1.54) is 12.3 Å². The zero-order chi connectivity index (χ0) is 15.5. The van der Waals surface area contributed by atoms with E-state index in [9.17, 15) is 8.42 Å². The first kappa shape index (κ1) is 16.3. The standard InChI is InChI=1S/C13H23N5O2S/c1-17-5-6-18(2)12(10-17)9-16-21(19,20)13-4-3-11(7-14)8-15-13/h3-4,8,12,16H,5-7,9-10,14H2,1-2H3. The quantitative estimate of drug-likeness (QED) is 0.729. The number of aromatic nitrogens is 1. The Kier molecular flexibility index (Phi) is 5.28. The van der Waals surface area contributed by atoms with Crippen LogP contribution in [0.25, 0.3) is 0 Å². The number of sulfonamides is 1. The Morgan fingerprint density at radius 2 is 2.14 bits per heavy atom. The van der Waals surface area contributed by atoms with Crippen LogP contribution in [-0.4, -0.2) is 69.5 Å². The van der Waals surface area contributed by atoms with Crippen molar-refractivity contribution in [1.82, 2.24) is 19.5 Å². The smallest absolute Gasteiger partial charge is 0.258 e. The third-order valence-electron chi connectivity index (χ3n) is 3.80. The highest BCUT2D eigenvalue weighted by Crippen LogP contribution is 2.09. The molecular formula is C13H23N5O2S. The van der Waals surface area contributed by atoms with Crippen LogP contribution in [0.3, 0.4) is 0 Å². The molecule has 1 atom stereocenters. The highest BCUT2D eigenvalue weighted by molar-refractivity contribution is 7.89. The number of hydrogen-bond donors (Lipinski definition) is 2. The number of nitrogens with one attached hydrogen (secondary N) is 1. The number of rotatable bonds is 5. The van der Waals surface area contributed by atoms with Gasteiger partial charge in [0.1, 0.15) is 0 Å². The average molecular weight is 313 g/mol. The van der Waals surface area contributed by atoms with Crippen molar-refractivity contribution in [2.75, 3.05) is 40.3 Å². The van der Waals surface area contributed by atoms with Crippen molar-refractivity contribution in [1.29, 1.82) is 0 Å². The predicted octanol–water partition coefficient (Wildman–Crippen LogP) is -0.936. The molecule has 3 N–H and O–H groups in total. The summed E-state index contributed by atoms with van der Waals surface area (Å²) in [7, 11) is 0.485. The monoisotopic (exact) mass is 313 g/mol. The highest BCUT2D eigenvalue weighted by atomic mass is 32.2. The van der Waals surface area contributed by atoms with Crippen LogP contribution < -0.4 is 10.5 Å². The lowest BCUT2D eigenvalue weighted by atomic mass is 10.2. The number of nitrogens with two attached hydrogens (primary N) is 1. The molecule has 1 aromatic rings. The van der Waals surface area contributed by atoms with Crippen LogP contribution in [0.5, 0.6) is 0 Å². The minimum atomic E-state index is -3.57. The number of likely N-dealkylation sites (N-methyl/N-ethyl adjacent to an activating group) is 2. The third-order valence-corrected chi connectivity index (χ3v) is 5.14. The van der Waals surface area contributed by atoms with Crippen LogP contribution in [-0.2, 0) is 16.6 Å². The van der Waals surface area contributed by atoms with Crippen LogP contribution in [0.1, 0.15) is 5.56 Å². The van der Waals surface area contributed by atoms with Gasteiger partial charge in [-0.2, -0.15) is 0 Å². The van der Waals surface area contributed by atoms with Gasteiger partial charge in [0.05, 0.1) is 0 Å². The summed E-state index contributed by atoms with van der Waals surface area (Å²) in [5.41, 5.74) is 6.29. The van der Waals surface area contributed by atoms with E-state index in [0.717, 1.165) is 25.2 Å². The summed E-state index contributed by atoms with van der Waals surface area (Å²) in [4.78, 5) is 8.34. The molecule has 1 aliphatic rings. The van der Waals surface area contributed by atoms with Crippen LogP contribution in [0.2, 0.25) is 0 Å². The maximum absolute atomic E-state index is 12.2. The topological polar surface area (TPSA) is 91.6 Å². The van der Waals surface area contributed by atoms with Crippen LogP contribution >= 0.6 is 0 Å². The van der Waals surface area contributed by atoms with Crippen LogP contribution in [0, 0.1) is 0 Å². The van der Waals surface area contributed by atoms with Gasteiger partial charge in [-0.3, -0.25) is 4.90 Å². The lowest BCUT2D eigenvalue weighted by molar-refractivity contribution is 0.117. The summed E-state index contributed by atoms with van der Waals surface area (Å²) in [6.45, 7) is 3.51. The first-order valence-corrected chi connectivity index (χ1v) is 8.44. The highest BCUT2D eigenvalue weighted by Gasteiger charge is 2.24. The minimum absolute atomic E-state index is 0.0338. The Morgan fingerprint density at radius 1 is 1.38 bits per heavy atom. The van der Waals surface area contributed by atoms with Crippen molar-refractivity contribution < 1.29 is 8.42 Å². The Morgan fingerprint density at radius 3 is 2.76 bits per heavy atom. The van der Waals surface area contributed by atoms with E-state index in [2.05, 4.69) is 19.5 Å². The Bertz CT molecular complexity index is 560. The molecule has 1 fully saturated rings. The van der Waals surface area contributed by atoms with E-state index < -0.39 is 10.0 Å². The fourth-order valence-corrected chi connectivity index (χ4v) is 3.29. The Labute approximate surface area is 126 Å². The van der Waals surface area contributed by atoms with E-state index >= 15 is 0 Å². The molecule has 8 heteroatoms. The lowest BCUT2D eigenvalue weighted by Gasteiger charge is -2.37. The van der Waals surface area contributed by atoms with Gasteiger partial charge in [-0.15, -0.1) is 0 Å². The molecule has 7 nitrogen and oxygen atoms in total. The molecule has 1 aromatic heterocycles. The summed E-state index contributed by atoms with van der Waals surface area (Å²) >= 11 is 0. The zero-order valence-electron chi connectivity index (χ0n) is 12.5. The number of nitrogens with zero attached hydrogens (tertiary/aromatic N) is 3. The van der Waals surface area contributed by atoms with Crippen LogP contribution in [0.4, 0.5) is 0 Å². The molecule has 0 bridgehead atoms. The zero-order valence-corrected chi connectivity index (χ0v) is 13.3. The molecule has 0 amide bonds. The van der Waals surface area contributed by atoms with Crippen molar-refractivity contribution in [3.05, 3.63) is 23.9 Å². The second kappa shape index (κ2) is 6.80. The van der Waals surface area contributed by atoms with Gasteiger partial charge in [0, 0.05) is 45.0 Å². The van der Waals surface area contributed by atoms with Gasteiger partial charge in [0.15, 0.2) is 5.03 Å². The van der Waals surface area contributed by atoms with E-state index in [-0.39, 0.29) is 11.1 Å². The molecule has 21 heavy (non-hydrogen) atoms. The number of hydrogen-bond acceptors (Lipinski definition) is 6. The fraction of sp³-hybridized carbons (Fsp3) is 0.615. The SMILES string of the molecule is CN1CCN(C)C(CNS(=O)(=O)c2ccc(CN)cn2)C1. The molecule has 2 heterocycles. The minimum Gasteiger partial charge on any atom is -0.326 e. The average Bonchev–Trinajstić information content (AvgIpc) is 2.48. The number of pyridine rings is 1. The Balaban J connectivity index is 2.00. The van der Waals surface area contributed by atoms with Gasteiger partial charge < -0.3 is 10.6 Å². The predicted molar refractivity (Wildman–Crippen MR) is 81.2 cm³/mol. The van der Waals surface area contributed by atoms with E-state index in [0.29, 0.717) is 13.1 Å². The molecule has 1 saturated heterocycles. The summed E-state index contributed by atoms with van der Waals surface area (Å²) in [6, 6.07) is 3.34. The molecule has 0 aliphatic carbocycles. The second-order valence-corrected chi connectivity index (χ2v) is 7.17. The van der Waals surface area contributed by atoms with Gasteiger partial charge in [-0.1, -0.05) is 6.07 Å². The maximum atomic E-state index is 12.2. The summed E-state index contributed by atoms with van der Waals surface area (Å²) < 4.78 is 27.1. The van der Waals surface area contributed by atoms with Crippen molar-refractivity contribution in [3.63, 3.8) is 0 Å². The number of piperazine rings is 1. The molecule has 0 saturated carbocycles. The molecule has 1 unspecified atom stereocenters. The second-order valence-electron chi connectivity index (χ2n) is 5.46. The summed E-state index contributed by atoms with van der Waals surface area (Å²) in [5.74, 6) is 0. The maximum Gasteiger partial charge on any atom is 0.258 e. The van der Waals surface area contributed by atoms with Crippen LogP contribution in [0.15, 0.2) is 23.4 Å². The van der Waals surface area contributed by atoms with Crippen molar-refractivity contribution in [2.45, 2.75) is 17.6 Å². The molecule has 1 aliphatic heterocycles.